The molecule has 12 heteroatoms. The SMILES string of the molecule is CCOC(=O)c1coc(NC(=O)c2cc(C(F)(F)F)cc(C(F)(F)F)c2)n1. The Bertz CT molecular complexity index is 824. The van der Waals surface area contributed by atoms with Crippen molar-refractivity contribution in [2.45, 2.75) is 19.3 Å². The summed E-state index contributed by atoms with van der Waals surface area (Å²) in [6.07, 6.45) is -9.40. The highest BCUT2D eigenvalue weighted by Gasteiger charge is 2.37. The number of esters is 1. The van der Waals surface area contributed by atoms with E-state index in [1.807, 2.05) is 5.32 Å². The second kappa shape index (κ2) is 7.29. The van der Waals surface area contributed by atoms with Crippen LogP contribution in [0.1, 0.15) is 38.9 Å². The van der Waals surface area contributed by atoms with Crippen molar-refractivity contribution in [3.05, 3.63) is 46.8 Å². The van der Waals surface area contributed by atoms with E-state index < -0.39 is 46.9 Å². The number of benzene rings is 1. The first-order chi connectivity index (χ1) is 12.4. The van der Waals surface area contributed by atoms with Gasteiger partial charge in [0.05, 0.1) is 17.7 Å². The number of aromatic nitrogens is 1. The van der Waals surface area contributed by atoms with Crippen molar-refractivity contribution in [3.8, 4) is 0 Å². The highest BCUT2D eigenvalue weighted by Crippen LogP contribution is 2.36. The largest absolute Gasteiger partial charge is 0.461 e. The second-order valence-electron chi connectivity index (χ2n) is 5.01. The standard InChI is InChI=1S/C15H10F6N2O4/c1-2-26-12(25)10-6-27-13(22-10)23-11(24)7-3-8(14(16,17)18)5-9(4-7)15(19,20)21/h3-6H,2H2,1H3,(H,22,23,24). The topological polar surface area (TPSA) is 81.4 Å². The van der Waals surface area contributed by atoms with Gasteiger partial charge < -0.3 is 9.15 Å². The van der Waals surface area contributed by atoms with Gasteiger partial charge in [-0.15, -0.1) is 0 Å². The summed E-state index contributed by atoms with van der Waals surface area (Å²) in [4.78, 5) is 27.0. The van der Waals surface area contributed by atoms with E-state index in [-0.39, 0.29) is 30.5 Å². The Hall–Kier alpha value is -3.05. The van der Waals surface area contributed by atoms with Crippen LogP contribution in [0.5, 0.6) is 0 Å². The van der Waals surface area contributed by atoms with Gasteiger partial charge >= 0.3 is 24.3 Å². The number of rotatable bonds is 4. The first kappa shape index (κ1) is 20.3. The van der Waals surface area contributed by atoms with Crippen LogP contribution < -0.4 is 5.32 Å². The van der Waals surface area contributed by atoms with Crippen LogP contribution in [0.2, 0.25) is 0 Å². The lowest BCUT2D eigenvalue weighted by Crippen LogP contribution is -2.17. The highest BCUT2D eigenvalue weighted by atomic mass is 19.4. The fourth-order valence-electron chi connectivity index (χ4n) is 1.89. The summed E-state index contributed by atoms with van der Waals surface area (Å²) in [7, 11) is 0. The Morgan fingerprint density at radius 3 is 2.11 bits per heavy atom. The number of hydrogen-bond acceptors (Lipinski definition) is 5. The maximum Gasteiger partial charge on any atom is 0.416 e. The number of halogens is 6. The first-order valence-corrected chi connectivity index (χ1v) is 7.15. The number of nitrogens with zero attached hydrogens (tertiary/aromatic N) is 1. The molecule has 1 aromatic carbocycles. The average molecular weight is 396 g/mol. The number of carbonyl (C=O) groups excluding carboxylic acids is 2. The number of carbonyl (C=O) groups is 2. The zero-order valence-electron chi connectivity index (χ0n) is 13.4. The molecule has 6 nitrogen and oxygen atoms in total. The Balaban J connectivity index is 2.32. The lowest BCUT2D eigenvalue weighted by atomic mass is 10.0. The van der Waals surface area contributed by atoms with Crippen LogP contribution in [0.3, 0.4) is 0 Å². The lowest BCUT2D eigenvalue weighted by Gasteiger charge is -2.13. The highest BCUT2D eigenvalue weighted by molar-refractivity contribution is 6.03. The van der Waals surface area contributed by atoms with Crippen molar-refractivity contribution in [1.29, 1.82) is 0 Å². The predicted octanol–water partition coefficient (Wildman–Crippen LogP) is 4.14. The van der Waals surface area contributed by atoms with Crippen LogP contribution in [-0.2, 0) is 17.1 Å². The third-order valence-corrected chi connectivity index (χ3v) is 3.06. The van der Waals surface area contributed by atoms with Crippen molar-refractivity contribution in [3.63, 3.8) is 0 Å². The zero-order valence-corrected chi connectivity index (χ0v) is 13.4. The number of alkyl halides is 6. The van der Waals surface area contributed by atoms with E-state index in [2.05, 4.69) is 9.72 Å². The summed E-state index contributed by atoms with van der Waals surface area (Å²) in [5.41, 5.74) is -4.57. The van der Waals surface area contributed by atoms with Crippen molar-refractivity contribution in [2.75, 3.05) is 11.9 Å². The smallest absolute Gasteiger partial charge is 0.416 e. The second-order valence-corrected chi connectivity index (χ2v) is 5.01. The minimum absolute atomic E-state index is 0.0256. The number of anilines is 1. The summed E-state index contributed by atoms with van der Waals surface area (Å²) < 4.78 is 86.2. The van der Waals surface area contributed by atoms with Gasteiger partial charge in [0.25, 0.3) is 5.91 Å². The molecule has 2 rings (SSSR count). The molecule has 1 N–H and O–H groups in total. The number of ether oxygens (including phenoxy) is 1. The quantitative estimate of drug-likeness (QED) is 0.621. The summed E-state index contributed by atoms with van der Waals surface area (Å²) >= 11 is 0. The molecular formula is C15H10F6N2O4. The van der Waals surface area contributed by atoms with Gasteiger partial charge in [-0.1, -0.05) is 0 Å². The molecule has 1 heterocycles. The molecule has 0 aliphatic heterocycles. The van der Waals surface area contributed by atoms with E-state index in [0.29, 0.717) is 0 Å². The van der Waals surface area contributed by atoms with Crippen molar-refractivity contribution in [2.24, 2.45) is 0 Å². The third kappa shape index (κ3) is 4.99. The molecule has 146 valence electrons. The molecule has 27 heavy (non-hydrogen) atoms. The summed E-state index contributed by atoms with van der Waals surface area (Å²) in [5.74, 6) is -2.23. The number of amides is 1. The summed E-state index contributed by atoms with van der Waals surface area (Å²) in [6.45, 7) is 1.55. The number of hydrogen-bond donors (Lipinski definition) is 1. The molecule has 0 radical (unpaired) electrons. The van der Waals surface area contributed by atoms with Gasteiger partial charge in [-0.25, -0.2) is 4.79 Å². The van der Waals surface area contributed by atoms with Crippen LogP contribution >= 0.6 is 0 Å². The number of oxazole rings is 1. The molecule has 0 unspecified atom stereocenters. The Morgan fingerprint density at radius 1 is 1.07 bits per heavy atom. The number of nitrogens with one attached hydrogen (secondary N) is 1. The van der Waals surface area contributed by atoms with Gasteiger partial charge in [-0.05, 0) is 25.1 Å². The van der Waals surface area contributed by atoms with Gasteiger partial charge in [0, 0.05) is 5.56 Å². The molecule has 1 amide bonds. The Morgan fingerprint density at radius 2 is 1.63 bits per heavy atom. The van der Waals surface area contributed by atoms with Gasteiger partial charge in [0.15, 0.2) is 5.69 Å². The molecule has 2 aromatic rings. The monoisotopic (exact) mass is 396 g/mol. The Kier molecular flexibility index (Phi) is 5.47. The third-order valence-electron chi connectivity index (χ3n) is 3.06. The fraction of sp³-hybridized carbons (Fsp3) is 0.267. The molecule has 0 fully saturated rings. The lowest BCUT2D eigenvalue weighted by molar-refractivity contribution is -0.143. The minimum Gasteiger partial charge on any atom is -0.461 e. The molecular weight excluding hydrogens is 386 g/mol. The maximum absolute atomic E-state index is 12.8. The predicted molar refractivity (Wildman–Crippen MR) is 76.9 cm³/mol. The molecule has 0 bridgehead atoms. The molecule has 0 aliphatic rings. The van der Waals surface area contributed by atoms with E-state index in [0.717, 1.165) is 6.26 Å². The van der Waals surface area contributed by atoms with Crippen LogP contribution in [0.15, 0.2) is 28.9 Å². The molecule has 0 saturated carbocycles. The van der Waals surface area contributed by atoms with E-state index in [4.69, 9.17) is 4.42 Å². The van der Waals surface area contributed by atoms with Crippen molar-refractivity contribution < 1.29 is 45.1 Å². The van der Waals surface area contributed by atoms with Gasteiger partial charge in [-0.2, -0.15) is 31.3 Å². The average Bonchev–Trinajstić information content (AvgIpc) is 3.01. The summed E-state index contributed by atoms with van der Waals surface area (Å²) in [6, 6.07) is -0.214. The molecule has 0 saturated heterocycles. The van der Waals surface area contributed by atoms with Gasteiger partial charge in [-0.3, -0.25) is 10.1 Å². The molecule has 1 aromatic heterocycles. The van der Waals surface area contributed by atoms with Gasteiger partial charge in [0.1, 0.15) is 6.26 Å². The van der Waals surface area contributed by atoms with E-state index in [9.17, 15) is 35.9 Å². The molecule has 0 aliphatic carbocycles. The zero-order chi connectivity index (χ0) is 20.4. The van der Waals surface area contributed by atoms with E-state index in [1.54, 1.807) is 0 Å². The minimum atomic E-state index is -5.10. The van der Waals surface area contributed by atoms with E-state index in [1.165, 1.54) is 6.92 Å². The maximum atomic E-state index is 12.8. The Labute approximate surface area is 147 Å². The van der Waals surface area contributed by atoms with Crippen LogP contribution in [0, 0.1) is 0 Å². The van der Waals surface area contributed by atoms with Crippen molar-refractivity contribution in [1.82, 2.24) is 4.98 Å². The summed E-state index contributed by atoms with van der Waals surface area (Å²) in [5, 5.41) is 1.87. The van der Waals surface area contributed by atoms with Crippen LogP contribution in [0.25, 0.3) is 0 Å². The van der Waals surface area contributed by atoms with Crippen LogP contribution in [-0.4, -0.2) is 23.5 Å². The van der Waals surface area contributed by atoms with Crippen LogP contribution in [0.4, 0.5) is 32.4 Å². The fourth-order valence-corrected chi connectivity index (χ4v) is 1.89. The normalized spacial score (nSPS) is 12.0. The first-order valence-electron chi connectivity index (χ1n) is 7.15. The molecule has 0 atom stereocenters. The molecule has 0 spiro atoms. The van der Waals surface area contributed by atoms with Gasteiger partial charge in [0.2, 0.25) is 0 Å². The van der Waals surface area contributed by atoms with Crippen molar-refractivity contribution >= 4 is 17.9 Å². The van der Waals surface area contributed by atoms with E-state index >= 15 is 0 Å².